The van der Waals surface area contributed by atoms with Crippen LogP contribution in [0.4, 0.5) is 10.5 Å². The van der Waals surface area contributed by atoms with Crippen molar-refractivity contribution in [1.82, 2.24) is 5.32 Å². The molecule has 0 bridgehead atoms. The molecule has 3 aromatic carbocycles. The fourth-order valence-electron chi connectivity index (χ4n) is 3.23. The van der Waals surface area contributed by atoms with Crippen LogP contribution in [0.5, 0.6) is 5.75 Å². The number of imide groups is 2. The first-order valence-corrected chi connectivity index (χ1v) is 12.1. The lowest BCUT2D eigenvalue weighted by atomic mass is 10.1. The molecule has 6 nitrogen and oxygen atoms in total. The highest BCUT2D eigenvalue weighted by Gasteiger charge is 2.36. The Bertz CT molecular complexity index is 1320. The molecule has 1 heterocycles. The summed E-state index contributed by atoms with van der Waals surface area (Å²) in [4.78, 5) is 38.7. The molecule has 4 amide bonds. The molecule has 1 saturated heterocycles. The molecule has 0 radical (unpaired) electrons. The third-order valence-electron chi connectivity index (χ3n) is 4.79. The van der Waals surface area contributed by atoms with Gasteiger partial charge in [-0.1, -0.05) is 35.3 Å². The topological polar surface area (TPSA) is 75.7 Å². The maximum Gasteiger partial charge on any atom is 0.335 e. The van der Waals surface area contributed by atoms with E-state index in [2.05, 4.69) is 37.2 Å². The number of barbiturate groups is 1. The zero-order valence-electron chi connectivity index (χ0n) is 17.2. The minimum atomic E-state index is -0.832. The van der Waals surface area contributed by atoms with E-state index in [4.69, 9.17) is 27.9 Å². The normalized spacial score (nSPS) is 15.0. The van der Waals surface area contributed by atoms with Crippen LogP contribution in [0.15, 0.2) is 75.2 Å². The molecule has 0 aliphatic carbocycles. The molecule has 1 aliphatic rings. The number of carbonyl (C=O) groups excluding carboxylic acids is 3. The predicted octanol–water partition coefficient (Wildman–Crippen LogP) is 6.76. The van der Waals surface area contributed by atoms with Crippen LogP contribution >= 0.6 is 55.1 Å². The minimum Gasteiger partial charge on any atom is -0.487 e. The lowest BCUT2D eigenvalue weighted by molar-refractivity contribution is -0.122. The summed E-state index contributed by atoms with van der Waals surface area (Å²) >= 11 is 18.9. The summed E-state index contributed by atoms with van der Waals surface area (Å²) in [5.74, 6) is -0.988. The molecule has 0 saturated carbocycles. The van der Waals surface area contributed by atoms with E-state index in [0.717, 1.165) is 10.5 Å². The number of carbonyl (C=O) groups is 3. The number of amides is 4. The third-order valence-corrected chi connectivity index (χ3v) is 6.46. The van der Waals surface area contributed by atoms with Gasteiger partial charge in [0.15, 0.2) is 0 Å². The van der Waals surface area contributed by atoms with Crippen LogP contribution in [0.25, 0.3) is 6.08 Å². The summed E-state index contributed by atoms with van der Waals surface area (Å²) < 4.78 is 7.12. The monoisotopic (exact) mass is 622 g/mol. The van der Waals surface area contributed by atoms with Crippen molar-refractivity contribution in [3.63, 3.8) is 0 Å². The average molecular weight is 625 g/mol. The van der Waals surface area contributed by atoms with Crippen molar-refractivity contribution in [2.24, 2.45) is 0 Å². The zero-order valence-corrected chi connectivity index (χ0v) is 21.8. The van der Waals surface area contributed by atoms with Gasteiger partial charge in [0.25, 0.3) is 11.8 Å². The Morgan fingerprint density at radius 2 is 1.59 bits per heavy atom. The number of halogens is 4. The molecule has 34 heavy (non-hydrogen) atoms. The number of rotatable bonds is 5. The van der Waals surface area contributed by atoms with Gasteiger partial charge in [0.2, 0.25) is 0 Å². The fraction of sp³-hybridized carbons (Fsp3) is 0.0417. The number of hydrogen-bond acceptors (Lipinski definition) is 4. The first-order valence-electron chi connectivity index (χ1n) is 9.76. The van der Waals surface area contributed by atoms with Gasteiger partial charge >= 0.3 is 6.03 Å². The number of urea groups is 1. The zero-order chi connectivity index (χ0) is 24.4. The van der Waals surface area contributed by atoms with Crippen LogP contribution in [-0.4, -0.2) is 17.8 Å². The highest BCUT2D eigenvalue weighted by molar-refractivity contribution is 9.11. The van der Waals surface area contributed by atoms with Gasteiger partial charge in [-0.3, -0.25) is 14.9 Å². The first kappa shape index (κ1) is 24.5. The smallest absolute Gasteiger partial charge is 0.335 e. The molecule has 10 heteroatoms. The van der Waals surface area contributed by atoms with Crippen molar-refractivity contribution in [2.75, 3.05) is 4.90 Å². The Labute approximate surface area is 221 Å². The van der Waals surface area contributed by atoms with Gasteiger partial charge in [-0.15, -0.1) is 0 Å². The molecular weight excluding hydrogens is 611 g/mol. The van der Waals surface area contributed by atoms with Crippen molar-refractivity contribution >= 4 is 84.7 Å². The van der Waals surface area contributed by atoms with E-state index in [1.165, 1.54) is 18.2 Å². The van der Waals surface area contributed by atoms with Crippen LogP contribution in [0, 0.1) is 0 Å². The second kappa shape index (κ2) is 10.3. The van der Waals surface area contributed by atoms with Gasteiger partial charge < -0.3 is 4.74 Å². The van der Waals surface area contributed by atoms with E-state index in [1.807, 2.05) is 18.2 Å². The predicted molar refractivity (Wildman–Crippen MR) is 138 cm³/mol. The Balaban J connectivity index is 1.60. The maximum atomic E-state index is 13.0. The van der Waals surface area contributed by atoms with Gasteiger partial charge in [0, 0.05) is 10.0 Å². The molecule has 3 aromatic rings. The highest BCUT2D eigenvalue weighted by Crippen LogP contribution is 2.36. The standard InChI is InChI=1S/C24H14Br2Cl2N2O4/c25-19-10-14(11-20(26)21(19)34-12-13-2-1-3-16(28)8-13)9-18-22(31)29-24(33)30(23(18)32)17-6-4-15(27)5-7-17/h1-11H,12H2,(H,29,31,33)/b18-9+. The fourth-order valence-corrected chi connectivity index (χ4v) is 5.02. The van der Waals surface area contributed by atoms with E-state index < -0.39 is 17.8 Å². The van der Waals surface area contributed by atoms with Gasteiger partial charge in [0.1, 0.15) is 17.9 Å². The molecule has 0 aromatic heterocycles. The molecule has 1 N–H and O–H groups in total. The van der Waals surface area contributed by atoms with Crippen molar-refractivity contribution in [3.05, 3.63) is 96.4 Å². The third kappa shape index (κ3) is 5.36. The van der Waals surface area contributed by atoms with Gasteiger partial charge in [-0.05, 0) is 97.6 Å². The number of hydrogen-bond donors (Lipinski definition) is 1. The van der Waals surface area contributed by atoms with Crippen LogP contribution in [0.1, 0.15) is 11.1 Å². The van der Waals surface area contributed by atoms with E-state index >= 15 is 0 Å². The average Bonchev–Trinajstić information content (AvgIpc) is 2.77. The molecule has 172 valence electrons. The number of anilines is 1. The number of nitrogens with zero attached hydrogens (tertiary/aromatic N) is 1. The molecule has 1 fully saturated rings. The van der Waals surface area contributed by atoms with Crippen molar-refractivity contribution < 1.29 is 19.1 Å². The van der Waals surface area contributed by atoms with Gasteiger partial charge in [-0.25, -0.2) is 9.69 Å². The Morgan fingerprint density at radius 3 is 2.24 bits per heavy atom. The second-order valence-electron chi connectivity index (χ2n) is 7.17. The lowest BCUT2D eigenvalue weighted by Gasteiger charge is -2.26. The van der Waals surface area contributed by atoms with E-state index in [9.17, 15) is 14.4 Å². The number of nitrogens with one attached hydrogen (secondary N) is 1. The summed E-state index contributed by atoms with van der Waals surface area (Å²) in [6.07, 6.45) is 1.41. The largest absolute Gasteiger partial charge is 0.487 e. The summed E-state index contributed by atoms with van der Waals surface area (Å²) in [6.45, 7) is 0.289. The Hall–Kier alpha value is -2.65. The summed E-state index contributed by atoms with van der Waals surface area (Å²) in [7, 11) is 0. The van der Waals surface area contributed by atoms with E-state index in [1.54, 1.807) is 30.3 Å². The highest BCUT2D eigenvalue weighted by atomic mass is 79.9. The Morgan fingerprint density at radius 1 is 0.912 bits per heavy atom. The van der Waals surface area contributed by atoms with Crippen molar-refractivity contribution in [1.29, 1.82) is 0 Å². The number of benzene rings is 3. The lowest BCUT2D eigenvalue weighted by Crippen LogP contribution is -2.54. The summed E-state index contributed by atoms with van der Waals surface area (Å²) in [5.41, 5.74) is 1.53. The quantitative estimate of drug-likeness (QED) is 0.251. The first-order chi connectivity index (χ1) is 16.2. The van der Waals surface area contributed by atoms with E-state index in [-0.39, 0.29) is 17.9 Å². The molecule has 4 rings (SSSR count). The van der Waals surface area contributed by atoms with Crippen molar-refractivity contribution in [3.8, 4) is 5.75 Å². The summed E-state index contributed by atoms with van der Waals surface area (Å²) in [5, 5.41) is 3.26. The van der Waals surface area contributed by atoms with Crippen LogP contribution < -0.4 is 15.0 Å². The number of ether oxygens (including phenoxy) is 1. The SMILES string of the molecule is O=C1NC(=O)N(c2ccc(Cl)cc2)C(=O)/C1=C/c1cc(Br)c(OCc2cccc(Cl)c2)c(Br)c1. The molecule has 1 aliphatic heterocycles. The Kier molecular flexibility index (Phi) is 7.42. The van der Waals surface area contributed by atoms with Crippen LogP contribution in [0.3, 0.4) is 0 Å². The molecule has 0 spiro atoms. The van der Waals surface area contributed by atoms with Crippen LogP contribution in [-0.2, 0) is 16.2 Å². The molecule has 0 atom stereocenters. The second-order valence-corrected chi connectivity index (χ2v) is 9.75. The maximum absolute atomic E-state index is 13.0. The van der Waals surface area contributed by atoms with Crippen LogP contribution in [0.2, 0.25) is 10.0 Å². The molecule has 0 unspecified atom stereocenters. The summed E-state index contributed by atoms with van der Waals surface area (Å²) in [6, 6.07) is 16.0. The van der Waals surface area contributed by atoms with Gasteiger partial charge in [-0.2, -0.15) is 0 Å². The van der Waals surface area contributed by atoms with Crippen molar-refractivity contribution in [2.45, 2.75) is 6.61 Å². The minimum absolute atomic E-state index is 0.194. The van der Waals surface area contributed by atoms with E-state index in [0.29, 0.717) is 30.3 Å². The van der Waals surface area contributed by atoms with Gasteiger partial charge in [0.05, 0.1) is 14.6 Å². The molecular formula is C24H14Br2Cl2N2O4.